The first-order valence-corrected chi connectivity index (χ1v) is 7.87. The molecule has 124 valence electrons. The number of nitrogens with one attached hydrogen (secondary N) is 1. The van der Waals surface area contributed by atoms with Crippen LogP contribution in [0.15, 0.2) is 48.5 Å². The van der Waals surface area contributed by atoms with E-state index in [1.807, 2.05) is 36.4 Å². The van der Waals surface area contributed by atoms with Gasteiger partial charge in [0.2, 0.25) is 0 Å². The van der Waals surface area contributed by atoms with Gasteiger partial charge in [-0.05, 0) is 40.8 Å². The molecular formula is C20H22N2O2. The van der Waals surface area contributed by atoms with Gasteiger partial charge in [0.25, 0.3) is 5.91 Å². The van der Waals surface area contributed by atoms with Gasteiger partial charge in [0, 0.05) is 6.54 Å². The molecule has 24 heavy (non-hydrogen) atoms. The highest BCUT2D eigenvalue weighted by atomic mass is 16.5. The van der Waals surface area contributed by atoms with E-state index in [0.29, 0.717) is 17.9 Å². The quantitative estimate of drug-likeness (QED) is 0.915. The molecule has 0 heterocycles. The van der Waals surface area contributed by atoms with Crippen molar-refractivity contribution in [1.29, 1.82) is 5.26 Å². The number of carbonyl (C=O) groups is 1. The van der Waals surface area contributed by atoms with Gasteiger partial charge >= 0.3 is 0 Å². The topological polar surface area (TPSA) is 62.1 Å². The van der Waals surface area contributed by atoms with Crippen molar-refractivity contribution in [3.05, 3.63) is 65.2 Å². The smallest absolute Gasteiger partial charge is 0.258 e. The van der Waals surface area contributed by atoms with Gasteiger partial charge in [0.15, 0.2) is 6.61 Å². The van der Waals surface area contributed by atoms with Crippen LogP contribution in [0.5, 0.6) is 5.75 Å². The maximum absolute atomic E-state index is 11.9. The zero-order valence-electron chi connectivity index (χ0n) is 14.3. The number of rotatable bonds is 5. The molecule has 0 spiro atoms. The highest BCUT2D eigenvalue weighted by Crippen LogP contribution is 2.24. The Morgan fingerprint density at radius 3 is 2.25 bits per heavy atom. The number of nitriles is 1. The molecule has 0 atom stereocenters. The van der Waals surface area contributed by atoms with E-state index < -0.39 is 0 Å². The first-order chi connectivity index (χ1) is 11.4. The van der Waals surface area contributed by atoms with Gasteiger partial charge in [0.1, 0.15) is 5.75 Å². The van der Waals surface area contributed by atoms with E-state index in [1.54, 1.807) is 12.1 Å². The maximum Gasteiger partial charge on any atom is 0.258 e. The fraction of sp³-hybridized carbons (Fsp3) is 0.300. The summed E-state index contributed by atoms with van der Waals surface area (Å²) in [5.74, 6) is 0.496. The third-order valence-corrected chi connectivity index (χ3v) is 3.66. The zero-order valence-corrected chi connectivity index (χ0v) is 14.3. The Kier molecular flexibility index (Phi) is 5.59. The van der Waals surface area contributed by atoms with Gasteiger partial charge < -0.3 is 10.1 Å². The number of nitrogens with zero attached hydrogens (tertiary/aromatic N) is 1. The van der Waals surface area contributed by atoms with Gasteiger partial charge in [-0.2, -0.15) is 5.26 Å². The molecule has 1 amide bonds. The molecule has 0 aromatic heterocycles. The molecule has 1 N–H and O–H groups in total. The largest absolute Gasteiger partial charge is 0.484 e. The number of carbonyl (C=O) groups excluding carboxylic acids is 1. The summed E-state index contributed by atoms with van der Waals surface area (Å²) in [6.07, 6.45) is 0. The third-order valence-electron chi connectivity index (χ3n) is 3.66. The standard InChI is InChI=1S/C20H22N2O2/c1-20(2,3)17-8-10-18(11-9-17)24-14-19(23)22-13-16-6-4-15(12-21)5-7-16/h4-11H,13-14H2,1-3H3,(H,22,23). The predicted octanol–water partition coefficient (Wildman–Crippen LogP) is 3.55. The average molecular weight is 322 g/mol. The molecule has 0 saturated carbocycles. The second-order valence-electron chi connectivity index (χ2n) is 6.65. The van der Waals surface area contributed by atoms with Crippen molar-refractivity contribution < 1.29 is 9.53 Å². The first-order valence-electron chi connectivity index (χ1n) is 7.87. The fourth-order valence-electron chi connectivity index (χ4n) is 2.15. The van der Waals surface area contributed by atoms with Crippen LogP contribution in [0.1, 0.15) is 37.5 Å². The number of benzene rings is 2. The van der Waals surface area contributed by atoms with Crippen molar-refractivity contribution in [2.75, 3.05) is 6.61 Å². The second kappa shape index (κ2) is 7.65. The van der Waals surface area contributed by atoms with Crippen LogP contribution in [0.2, 0.25) is 0 Å². The number of ether oxygens (including phenoxy) is 1. The van der Waals surface area contributed by atoms with Crippen LogP contribution in [0.4, 0.5) is 0 Å². The van der Waals surface area contributed by atoms with Crippen molar-refractivity contribution in [3.63, 3.8) is 0 Å². The highest BCUT2D eigenvalue weighted by Gasteiger charge is 2.13. The second-order valence-corrected chi connectivity index (χ2v) is 6.65. The normalized spacial score (nSPS) is 10.8. The molecule has 0 radical (unpaired) electrons. The molecule has 0 aliphatic carbocycles. The van der Waals surface area contributed by atoms with Crippen LogP contribution in [0, 0.1) is 11.3 Å². The van der Waals surface area contributed by atoms with E-state index in [2.05, 4.69) is 32.2 Å². The first kappa shape index (κ1) is 17.6. The van der Waals surface area contributed by atoms with Gasteiger partial charge in [0.05, 0.1) is 11.6 Å². The fourth-order valence-corrected chi connectivity index (χ4v) is 2.15. The molecule has 2 aromatic carbocycles. The Morgan fingerprint density at radius 1 is 1.08 bits per heavy atom. The lowest BCUT2D eigenvalue weighted by atomic mass is 9.87. The van der Waals surface area contributed by atoms with Crippen LogP contribution in [0.3, 0.4) is 0 Å². The van der Waals surface area contributed by atoms with E-state index in [9.17, 15) is 4.79 Å². The van der Waals surface area contributed by atoms with Gasteiger partial charge in [-0.15, -0.1) is 0 Å². The third kappa shape index (κ3) is 5.13. The van der Waals surface area contributed by atoms with Crippen molar-refractivity contribution in [3.8, 4) is 11.8 Å². The Bertz CT molecular complexity index is 720. The van der Waals surface area contributed by atoms with Crippen LogP contribution in [0.25, 0.3) is 0 Å². The monoisotopic (exact) mass is 322 g/mol. The molecule has 4 heteroatoms. The Balaban J connectivity index is 1.79. The lowest BCUT2D eigenvalue weighted by Gasteiger charge is -2.19. The van der Waals surface area contributed by atoms with Crippen LogP contribution < -0.4 is 10.1 Å². The van der Waals surface area contributed by atoms with Crippen molar-refractivity contribution in [2.24, 2.45) is 0 Å². The number of hydrogen-bond acceptors (Lipinski definition) is 3. The predicted molar refractivity (Wildman–Crippen MR) is 93.6 cm³/mol. The summed E-state index contributed by atoms with van der Waals surface area (Å²) < 4.78 is 5.51. The number of amides is 1. The molecule has 2 aromatic rings. The average Bonchev–Trinajstić information content (AvgIpc) is 2.58. The minimum absolute atomic E-state index is 0.0227. The van der Waals surface area contributed by atoms with E-state index in [-0.39, 0.29) is 17.9 Å². The lowest BCUT2D eigenvalue weighted by Crippen LogP contribution is -2.28. The van der Waals surface area contributed by atoms with E-state index in [1.165, 1.54) is 5.56 Å². The summed E-state index contributed by atoms with van der Waals surface area (Å²) in [7, 11) is 0. The Hall–Kier alpha value is -2.80. The molecule has 0 aliphatic rings. The van der Waals surface area contributed by atoms with Crippen LogP contribution in [-0.2, 0) is 16.8 Å². The van der Waals surface area contributed by atoms with Gasteiger partial charge in [-0.25, -0.2) is 0 Å². The van der Waals surface area contributed by atoms with E-state index in [0.717, 1.165) is 5.56 Å². The highest BCUT2D eigenvalue weighted by molar-refractivity contribution is 5.77. The van der Waals surface area contributed by atoms with Gasteiger partial charge in [-0.3, -0.25) is 4.79 Å². The van der Waals surface area contributed by atoms with Crippen LogP contribution >= 0.6 is 0 Å². The van der Waals surface area contributed by atoms with E-state index in [4.69, 9.17) is 10.00 Å². The maximum atomic E-state index is 11.9. The molecule has 0 fully saturated rings. The molecule has 4 nitrogen and oxygen atoms in total. The van der Waals surface area contributed by atoms with E-state index >= 15 is 0 Å². The molecule has 2 rings (SSSR count). The van der Waals surface area contributed by atoms with Crippen LogP contribution in [-0.4, -0.2) is 12.5 Å². The molecule has 0 bridgehead atoms. The molecule has 0 aliphatic heterocycles. The minimum atomic E-state index is -0.181. The van der Waals surface area contributed by atoms with Crippen molar-refractivity contribution >= 4 is 5.91 Å². The minimum Gasteiger partial charge on any atom is -0.484 e. The Morgan fingerprint density at radius 2 is 1.71 bits per heavy atom. The summed E-state index contributed by atoms with van der Waals surface area (Å²) in [5, 5.41) is 11.5. The number of hydrogen-bond donors (Lipinski definition) is 1. The molecule has 0 unspecified atom stereocenters. The SMILES string of the molecule is CC(C)(C)c1ccc(OCC(=O)NCc2ccc(C#N)cc2)cc1. The molecule has 0 saturated heterocycles. The summed E-state index contributed by atoms with van der Waals surface area (Å²) in [4.78, 5) is 11.9. The van der Waals surface area contributed by atoms with Crippen molar-refractivity contribution in [2.45, 2.75) is 32.7 Å². The lowest BCUT2D eigenvalue weighted by molar-refractivity contribution is -0.123. The zero-order chi connectivity index (χ0) is 17.6. The summed E-state index contributed by atoms with van der Waals surface area (Å²) in [6.45, 7) is 6.85. The summed E-state index contributed by atoms with van der Waals surface area (Å²) in [5.41, 5.74) is 2.86. The van der Waals surface area contributed by atoms with Gasteiger partial charge in [-0.1, -0.05) is 45.0 Å². The molecular weight excluding hydrogens is 300 g/mol. The summed E-state index contributed by atoms with van der Waals surface area (Å²) >= 11 is 0. The Labute approximate surface area is 143 Å². The summed E-state index contributed by atoms with van der Waals surface area (Å²) in [6, 6.07) is 17.0. The van der Waals surface area contributed by atoms with Crippen molar-refractivity contribution in [1.82, 2.24) is 5.32 Å².